The van der Waals surface area contributed by atoms with Gasteiger partial charge in [0.2, 0.25) is 0 Å². The molecular weight excluding hydrogens is 148 g/mol. The van der Waals surface area contributed by atoms with Gasteiger partial charge in [0.15, 0.2) is 11.4 Å². The predicted octanol–water partition coefficient (Wildman–Crippen LogP) is 0.0287. The van der Waals surface area contributed by atoms with Crippen LogP contribution >= 0.6 is 0 Å². The number of hydrogen-bond acceptors (Lipinski definition) is 4. The first-order valence-corrected chi connectivity index (χ1v) is 3.01. The topological polar surface area (TPSA) is 72.1 Å². The van der Waals surface area contributed by atoms with Gasteiger partial charge in [-0.15, -0.1) is 0 Å². The van der Waals surface area contributed by atoms with E-state index in [1.54, 1.807) is 6.92 Å². The lowest BCUT2D eigenvalue weighted by atomic mass is 10.4. The molecule has 1 aromatic rings. The fourth-order valence-corrected chi connectivity index (χ4v) is 0.971. The molecule has 0 saturated heterocycles. The Balaban J connectivity index is 2.67. The second-order valence-corrected chi connectivity index (χ2v) is 2.22. The number of rotatable bonds is 0. The number of hydrogen-bond donors (Lipinski definition) is 1. The lowest BCUT2D eigenvalue weighted by molar-refractivity contribution is 0.0437. The molecule has 0 fully saturated rings. The molecule has 56 valence electrons. The zero-order valence-corrected chi connectivity index (χ0v) is 5.67. The van der Waals surface area contributed by atoms with Crippen molar-refractivity contribution in [2.45, 2.75) is 6.92 Å². The van der Waals surface area contributed by atoms with Crippen molar-refractivity contribution >= 4 is 11.9 Å². The summed E-state index contributed by atoms with van der Waals surface area (Å²) in [6, 6.07) is 0. The van der Waals surface area contributed by atoms with Crippen molar-refractivity contribution in [3.63, 3.8) is 0 Å². The molecule has 2 rings (SSSR count). The lowest BCUT2D eigenvalue weighted by Crippen LogP contribution is -2.00. The average Bonchev–Trinajstić information content (AvgIpc) is 2.38. The summed E-state index contributed by atoms with van der Waals surface area (Å²) in [4.78, 5) is 27.9. The van der Waals surface area contributed by atoms with E-state index >= 15 is 0 Å². The number of carbonyl (C=O) groups excluding carboxylic acids is 2. The third kappa shape index (κ3) is 0.674. The monoisotopic (exact) mass is 152 g/mol. The Kier molecular flexibility index (Phi) is 0.934. The molecule has 0 atom stereocenters. The molecule has 5 nitrogen and oxygen atoms in total. The highest BCUT2D eigenvalue weighted by Gasteiger charge is 2.33. The molecule has 0 bridgehead atoms. The van der Waals surface area contributed by atoms with E-state index in [0.717, 1.165) is 0 Å². The Morgan fingerprint density at radius 3 is 2.73 bits per heavy atom. The van der Waals surface area contributed by atoms with Crippen LogP contribution in [0.2, 0.25) is 0 Å². The normalized spacial score (nSPS) is 15.0. The predicted molar refractivity (Wildman–Crippen MR) is 33.1 cm³/mol. The molecule has 0 aromatic carbocycles. The summed E-state index contributed by atoms with van der Waals surface area (Å²) in [6.45, 7) is 1.67. The van der Waals surface area contributed by atoms with Gasteiger partial charge in [0.05, 0.1) is 0 Å². The van der Waals surface area contributed by atoms with Gasteiger partial charge < -0.3 is 9.72 Å². The van der Waals surface area contributed by atoms with Crippen LogP contribution in [0.5, 0.6) is 0 Å². The average molecular weight is 152 g/mol. The van der Waals surface area contributed by atoms with Crippen LogP contribution < -0.4 is 0 Å². The molecule has 0 aliphatic carbocycles. The molecule has 0 unspecified atom stereocenters. The van der Waals surface area contributed by atoms with Crippen molar-refractivity contribution in [2.24, 2.45) is 0 Å². The quantitative estimate of drug-likeness (QED) is 0.420. The first kappa shape index (κ1) is 6.09. The van der Waals surface area contributed by atoms with E-state index < -0.39 is 11.9 Å². The first-order valence-electron chi connectivity index (χ1n) is 3.01. The van der Waals surface area contributed by atoms with Crippen molar-refractivity contribution in [3.8, 4) is 0 Å². The molecule has 1 aliphatic rings. The van der Waals surface area contributed by atoms with Crippen LogP contribution in [-0.4, -0.2) is 21.9 Å². The minimum Gasteiger partial charge on any atom is -0.383 e. The van der Waals surface area contributed by atoms with Gasteiger partial charge in [-0.1, -0.05) is 0 Å². The summed E-state index contributed by atoms with van der Waals surface area (Å²) < 4.78 is 4.26. The number of nitrogens with zero attached hydrogens (tertiary/aromatic N) is 1. The van der Waals surface area contributed by atoms with E-state index in [9.17, 15) is 9.59 Å². The second kappa shape index (κ2) is 1.69. The number of fused-ring (bicyclic) bond motifs is 1. The number of aryl methyl sites for hydroxylation is 1. The van der Waals surface area contributed by atoms with Crippen molar-refractivity contribution in [1.29, 1.82) is 0 Å². The maximum atomic E-state index is 10.8. The van der Waals surface area contributed by atoms with Gasteiger partial charge in [-0.05, 0) is 6.92 Å². The minimum atomic E-state index is -0.672. The molecule has 0 spiro atoms. The van der Waals surface area contributed by atoms with E-state index in [0.29, 0.717) is 5.82 Å². The molecule has 1 N–H and O–H groups in total. The highest BCUT2D eigenvalue weighted by molar-refractivity contribution is 6.12. The highest BCUT2D eigenvalue weighted by atomic mass is 16.6. The van der Waals surface area contributed by atoms with E-state index in [4.69, 9.17) is 0 Å². The van der Waals surface area contributed by atoms with Crippen LogP contribution in [0, 0.1) is 6.92 Å². The van der Waals surface area contributed by atoms with Gasteiger partial charge in [-0.3, -0.25) is 0 Å². The SMILES string of the molecule is Cc1nc2c([nH]1)C(=O)OC2=O. The van der Waals surface area contributed by atoms with Gasteiger partial charge in [0.25, 0.3) is 0 Å². The summed E-state index contributed by atoms with van der Waals surface area (Å²) in [6.07, 6.45) is 0. The molecule has 0 amide bonds. The second-order valence-electron chi connectivity index (χ2n) is 2.22. The number of carbonyl (C=O) groups is 2. The van der Waals surface area contributed by atoms with Gasteiger partial charge in [0.1, 0.15) is 5.82 Å². The summed E-state index contributed by atoms with van der Waals surface area (Å²) in [5.74, 6) is -0.778. The van der Waals surface area contributed by atoms with Crippen LogP contribution in [0.1, 0.15) is 26.8 Å². The third-order valence-corrected chi connectivity index (χ3v) is 1.41. The standard InChI is InChI=1S/C6H4N2O3/c1-2-7-3-4(8-2)6(10)11-5(3)9/h1H3,(H,7,8). The van der Waals surface area contributed by atoms with Gasteiger partial charge in [0, 0.05) is 0 Å². The van der Waals surface area contributed by atoms with E-state index in [-0.39, 0.29) is 11.4 Å². The van der Waals surface area contributed by atoms with E-state index in [1.165, 1.54) is 0 Å². The van der Waals surface area contributed by atoms with Crippen molar-refractivity contribution in [3.05, 3.63) is 17.2 Å². The number of ether oxygens (including phenoxy) is 1. The summed E-state index contributed by atoms with van der Waals surface area (Å²) in [5, 5.41) is 0. The van der Waals surface area contributed by atoms with E-state index in [2.05, 4.69) is 14.7 Å². The van der Waals surface area contributed by atoms with Gasteiger partial charge in [-0.25, -0.2) is 14.6 Å². The van der Waals surface area contributed by atoms with Crippen LogP contribution in [0.15, 0.2) is 0 Å². The number of aromatic nitrogens is 2. The molecule has 1 aromatic heterocycles. The highest BCUT2D eigenvalue weighted by Crippen LogP contribution is 2.16. The first-order chi connectivity index (χ1) is 5.18. The fraction of sp³-hybridized carbons (Fsp3) is 0.167. The zero-order valence-electron chi connectivity index (χ0n) is 5.67. The number of esters is 2. The molecule has 2 heterocycles. The van der Waals surface area contributed by atoms with Crippen molar-refractivity contribution in [2.75, 3.05) is 0 Å². The largest absolute Gasteiger partial charge is 0.383 e. The zero-order chi connectivity index (χ0) is 8.01. The van der Waals surface area contributed by atoms with Gasteiger partial charge in [-0.2, -0.15) is 0 Å². The fourth-order valence-electron chi connectivity index (χ4n) is 0.971. The van der Waals surface area contributed by atoms with Crippen LogP contribution in [0.25, 0.3) is 0 Å². The number of imidazole rings is 1. The number of cyclic esters (lactones) is 2. The molecule has 1 aliphatic heterocycles. The van der Waals surface area contributed by atoms with Crippen molar-refractivity contribution < 1.29 is 14.3 Å². The van der Waals surface area contributed by atoms with Gasteiger partial charge >= 0.3 is 11.9 Å². The third-order valence-electron chi connectivity index (χ3n) is 1.41. The van der Waals surface area contributed by atoms with Crippen LogP contribution in [0.3, 0.4) is 0 Å². The Labute approximate surface area is 61.4 Å². The Morgan fingerprint density at radius 2 is 2.09 bits per heavy atom. The van der Waals surface area contributed by atoms with Crippen molar-refractivity contribution in [1.82, 2.24) is 9.97 Å². The minimum absolute atomic E-state index is 0.0903. The number of H-pyrrole nitrogens is 1. The number of aromatic amines is 1. The van der Waals surface area contributed by atoms with E-state index in [1.807, 2.05) is 0 Å². The summed E-state index contributed by atoms with van der Waals surface area (Å²) >= 11 is 0. The molecular formula is C6H4N2O3. The maximum Gasteiger partial charge on any atom is 0.367 e. The Hall–Kier alpha value is -1.65. The molecule has 11 heavy (non-hydrogen) atoms. The Bertz CT molecular complexity index is 321. The van der Waals surface area contributed by atoms with Crippen LogP contribution in [-0.2, 0) is 4.74 Å². The summed E-state index contributed by atoms with van der Waals surface area (Å²) in [5.41, 5.74) is 0.250. The maximum absolute atomic E-state index is 10.8. The molecule has 5 heteroatoms. The molecule has 0 radical (unpaired) electrons. The van der Waals surface area contributed by atoms with Crippen LogP contribution in [0.4, 0.5) is 0 Å². The lowest BCUT2D eigenvalue weighted by Gasteiger charge is -1.86. The smallest absolute Gasteiger partial charge is 0.367 e. The number of nitrogens with one attached hydrogen (secondary N) is 1. The molecule has 0 saturated carbocycles. The summed E-state index contributed by atoms with van der Waals surface area (Å²) in [7, 11) is 0. The Morgan fingerprint density at radius 1 is 1.36 bits per heavy atom.